The Morgan fingerprint density at radius 3 is 2.29 bits per heavy atom. The van der Waals surface area contributed by atoms with Gasteiger partial charge in [0.25, 0.3) is 5.79 Å². The molecule has 0 bridgehead atoms. The largest absolute Gasteiger partial charge is 0.419 e. The number of rotatable bonds is 4. The Morgan fingerprint density at radius 1 is 1.14 bits per heavy atom. The zero-order valence-electron chi connectivity index (χ0n) is 11.7. The normalized spacial score (nSPS) is 16.8. The van der Waals surface area contributed by atoms with Gasteiger partial charge in [0.2, 0.25) is 0 Å². The fourth-order valence-corrected chi connectivity index (χ4v) is 1.75. The third-order valence-electron chi connectivity index (χ3n) is 2.72. The third kappa shape index (κ3) is 3.68. The summed E-state index contributed by atoms with van der Waals surface area (Å²) in [6.45, 7) is 2.88. The zero-order valence-corrected chi connectivity index (χ0v) is 11.7. The van der Waals surface area contributed by atoms with Crippen molar-refractivity contribution in [2.24, 2.45) is 0 Å². The molecule has 0 saturated carbocycles. The van der Waals surface area contributed by atoms with E-state index in [1.54, 1.807) is 24.3 Å². The standard InChI is InChI=1S/C15H15NO5/c1-15(2)20-13(18)11(14(19)21-15)8-16-9-12(17)10-6-4-3-5-7-10/h3-8,16H,9H2,1-2H3. The maximum atomic E-state index is 11.8. The van der Waals surface area contributed by atoms with Gasteiger partial charge in [-0.2, -0.15) is 0 Å². The van der Waals surface area contributed by atoms with E-state index in [-0.39, 0.29) is 17.9 Å². The van der Waals surface area contributed by atoms with Gasteiger partial charge < -0.3 is 14.8 Å². The molecule has 1 heterocycles. The van der Waals surface area contributed by atoms with E-state index in [9.17, 15) is 14.4 Å². The highest BCUT2D eigenvalue weighted by Gasteiger charge is 2.38. The summed E-state index contributed by atoms with van der Waals surface area (Å²) in [7, 11) is 0. The number of Topliss-reactive ketones (excluding diaryl/α,β-unsaturated/α-hetero) is 1. The van der Waals surface area contributed by atoms with Crippen molar-refractivity contribution >= 4 is 17.7 Å². The van der Waals surface area contributed by atoms with Crippen molar-refractivity contribution in [3.05, 3.63) is 47.7 Å². The first-order chi connectivity index (χ1) is 9.89. The summed E-state index contributed by atoms with van der Waals surface area (Å²) in [5.41, 5.74) is 0.272. The Hall–Kier alpha value is -2.63. The lowest BCUT2D eigenvalue weighted by Gasteiger charge is -2.29. The van der Waals surface area contributed by atoms with Crippen molar-refractivity contribution in [1.82, 2.24) is 5.32 Å². The van der Waals surface area contributed by atoms with E-state index >= 15 is 0 Å². The summed E-state index contributed by atoms with van der Waals surface area (Å²) in [6, 6.07) is 8.68. The average molecular weight is 289 g/mol. The Kier molecular flexibility index (Phi) is 4.07. The first-order valence-corrected chi connectivity index (χ1v) is 6.37. The SMILES string of the molecule is CC1(C)OC(=O)C(=CNCC(=O)c2ccccc2)C(=O)O1. The van der Waals surface area contributed by atoms with Gasteiger partial charge >= 0.3 is 11.9 Å². The fraction of sp³-hybridized carbons (Fsp3) is 0.267. The summed E-state index contributed by atoms with van der Waals surface area (Å²) < 4.78 is 9.85. The summed E-state index contributed by atoms with van der Waals surface area (Å²) >= 11 is 0. The van der Waals surface area contributed by atoms with Crippen LogP contribution in [-0.2, 0) is 19.1 Å². The quantitative estimate of drug-likeness (QED) is 0.388. The first kappa shape index (κ1) is 14.8. The van der Waals surface area contributed by atoms with E-state index < -0.39 is 17.7 Å². The minimum Gasteiger partial charge on any atom is -0.419 e. The van der Waals surface area contributed by atoms with Gasteiger partial charge in [-0.25, -0.2) is 9.59 Å². The van der Waals surface area contributed by atoms with Crippen LogP contribution in [0.2, 0.25) is 0 Å². The van der Waals surface area contributed by atoms with Crippen LogP contribution >= 0.6 is 0 Å². The molecule has 0 atom stereocenters. The van der Waals surface area contributed by atoms with Crippen LogP contribution in [0, 0.1) is 0 Å². The molecule has 2 rings (SSSR count). The summed E-state index contributed by atoms with van der Waals surface area (Å²) in [4.78, 5) is 35.1. The Balaban J connectivity index is 1.97. The number of ether oxygens (including phenoxy) is 2. The molecular weight excluding hydrogens is 274 g/mol. The molecule has 1 aliphatic heterocycles. The van der Waals surface area contributed by atoms with Crippen LogP contribution in [0.15, 0.2) is 42.1 Å². The van der Waals surface area contributed by atoms with Crippen LogP contribution in [0.4, 0.5) is 0 Å². The molecule has 0 aliphatic carbocycles. The van der Waals surface area contributed by atoms with Gasteiger partial charge in [-0.1, -0.05) is 30.3 Å². The molecule has 0 spiro atoms. The van der Waals surface area contributed by atoms with E-state index in [0.29, 0.717) is 5.56 Å². The minimum atomic E-state index is -1.27. The molecule has 1 N–H and O–H groups in total. The van der Waals surface area contributed by atoms with Crippen molar-refractivity contribution in [2.45, 2.75) is 19.6 Å². The maximum Gasteiger partial charge on any atom is 0.350 e. The number of hydrogen-bond acceptors (Lipinski definition) is 6. The molecule has 1 fully saturated rings. The highest BCUT2D eigenvalue weighted by atomic mass is 16.7. The number of cyclic esters (lactones) is 2. The predicted octanol–water partition coefficient (Wildman–Crippen LogP) is 1.18. The molecular formula is C15H15NO5. The molecule has 21 heavy (non-hydrogen) atoms. The van der Waals surface area contributed by atoms with Gasteiger partial charge in [0.1, 0.15) is 0 Å². The zero-order chi connectivity index (χ0) is 15.5. The summed E-state index contributed by atoms with van der Waals surface area (Å²) in [5.74, 6) is -3.00. The van der Waals surface area contributed by atoms with E-state index in [1.807, 2.05) is 6.07 Å². The van der Waals surface area contributed by atoms with E-state index in [4.69, 9.17) is 9.47 Å². The van der Waals surface area contributed by atoms with Gasteiger partial charge in [-0.3, -0.25) is 4.79 Å². The van der Waals surface area contributed by atoms with Crippen LogP contribution in [0.3, 0.4) is 0 Å². The second-order valence-electron chi connectivity index (χ2n) is 4.91. The number of benzene rings is 1. The fourth-order valence-electron chi connectivity index (χ4n) is 1.75. The van der Waals surface area contributed by atoms with Gasteiger partial charge in [0, 0.05) is 25.6 Å². The molecule has 1 saturated heterocycles. The minimum absolute atomic E-state index is 0.0442. The molecule has 0 aromatic heterocycles. The second-order valence-corrected chi connectivity index (χ2v) is 4.91. The number of ketones is 1. The number of nitrogens with one attached hydrogen (secondary N) is 1. The molecule has 6 heteroatoms. The predicted molar refractivity (Wildman–Crippen MR) is 73.1 cm³/mol. The number of esters is 2. The third-order valence-corrected chi connectivity index (χ3v) is 2.72. The topological polar surface area (TPSA) is 81.7 Å². The van der Waals surface area contributed by atoms with Crippen molar-refractivity contribution in [3.63, 3.8) is 0 Å². The highest BCUT2D eigenvalue weighted by molar-refractivity contribution is 6.15. The molecule has 0 unspecified atom stereocenters. The van der Waals surface area contributed by atoms with Gasteiger partial charge in [0.05, 0.1) is 6.54 Å². The van der Waals surface area contributed by atoms with Gasteiger partial charge in [-0.15, -0.1) is 0 Å². The molecule has 1 aliphatic rings. The molecule has 110 valence electrons. The number of carbonyl (C=O) groups is 3. The Labute approximate surface area is 121 Å². The molecule has 0 radical (unpaired) electrons. The highest BCUT2D eigenvalue weighted by Crippen LogP contribution is 2.21. The van der Waals surface area contributed by atoms with Crippen molar-refractivity contribution < 1.29 is 23.9 Å². The average Bonchev–Trinajstić information content (AvgIpc) is 2.41. The van der Waals surface area contributed by atoms with Crippen LogP contribution < -0.4 is 5.32 Å². The van der Waals surface area contributed by atoms with Gasteiger partial charge in [0.15, 0.2) is 11.4 Å². The monoisotopic (exact) mass is 289 g/mol. The van der Waals surface area contributed by atoms with Crippen LogP contribution in [0.1, 0.15) is 24.2 Å². The molecule has 0 amide bonds. The lowest BCUT2D eigenvalue weighted by molar-refractivity contribution is -0.222. The second kappa shape index (κ2) is 5.78. The lowest BCUT2D eigenvalue weighted by atomic mass is 10.1. The van der Waals surface area contributed by atoms with Crippen LogP contribution in [-0.4, -0.2) is 30.1 Å². The molecule has 1 aromatic rings. The number of carbonyl (C=O) groups excluding carboxylic acids is 3. The molecule has 6 nitrogen and oxygen atoms in total. The van der Waals surface area contributed by atoms with Gasteiger partial charge in [-0.05, 0) is 0 Å². The smallest absolute Gasteiger partial charge is 0.350 e. The van der Waals surface area contributed by atoms with Crippen molar-refractivity contribution in [1.29, 1.82) is 0 Å². The van der Waals surface area contributed by atoms with Crippen LogP contribution in [0.5, 0.6) is 0 Å². The lowest BCUT2D eigenvalue weighted by Crippen LogP contribution is -2.42. The first-order valence-electron chi connectivity index (χ1n) is 6.37. The van der Waals surface area contributed by atoms with E-state index in [1.165, 1.54) is 13.8 Å². The maximum absolute atomic E-state index is 11.8. The van der Waals surface area contributed by atoms with E-state index in [0.717, 1.165) is 6.20 Å². The Morgan fingerprint density at radius 2 is 1.71 bits per heavy atom. The molecule has 1 aromatic carbocycles. The summed E-state index contributed by atoms with van der Waals surface area (Å²) in [5, 5.41) is 2.63. The summed E-state index contributed by atoms with van der Waals surface area (Å²) in [6.07, 6.45) is 1.14. The van der Waals surface area contributed by atoms with Crippen molar-refractivity contribution in [3.8, 4) is 0 Å². The van der Waals surface area contributed by atoms with E-state index in [2.05, 4.69) is 5.32 Å². The number of hydrogen-bond donors (Lipinski definition) is 1. The Bertz CT molecular complexity index is 582. The van der Waals surface area contributed by atoms with Crippen LogP contribution in [0.25, 0.3) is 0 Å². The van der Waals surface area contributed by atoms with Crippen molar-refractivity contribution in [2.75, 3.05) is 6.54 Å².